The third-order valence-corrected chi connectivity index (χ3v) is 3.39. The van der Waals surface area contributed by atoms with Gasteiger partial charge in [-0.2, -0.15) is 0 Å². The molecule has 1 unspecified atom stereocenters. The first-order chi connectivity index (χ1) is 9.54. The van der Waals surface area contributed by atoms with Crippen LogP contribution in [0.15, 0.2) is 24.3 Å². The first-order valence-corrected chi connectivity index (χ1v) is 6.63. The van der Waals surface area contributed by atoms with E-state index in [1.165, 1.54) is 24.3 Å². The minimum Gasteiger partial charge on any atom is -0.273 e. The number of carbonyl (C=O) groups excluding carboxylic acids is 4. The van der Waals surface area contributed by atoms with E-state index in [0.29, 0.717) is 6.42 Å². The summed E-state index contributed by atoms with van der Waals surface area (Å²) in [6.07, 6.45) is 7.12. The van der Waals surface area contributed by atoms with Crippen LogP contribution in [0.2, 0.25) is 0 Å². The Morgan fingerprint density at radius 1 is 0.900 bits per heavy atom. The second kappa shape index (κ2) is 5.81. The van der Waals surface area contributed by atoms with Crippen LogP contribution in [0.5, 0.6) is 0 Å². The second-order valence-corrected chi connectivity index (χ2v) is 4.80. The molecular formula is C14H16N2O4. The molecule has 0 radical (unpaired) electrons. The van der Waals surface area contributed by atoms with Crippen molar-refractivity contribution in [3.05, 3.63) is 24.3 Å². The number of amides is 4. The van der Waals surface area contributed by atoms with E-state index in [-0.39, 0.29) is 18.4 Å². The smallest absolute Gasteiger partial charge is 0.253 e. The average Bonchev–Trinajstić information content (AvgIpc) is 2.91. The largest absolute Gasteiger partial charge is 0.273 e. The Hall–Kier alpha value is -2.24. The summed E-state index contributed by atoms with van der Waals surface area (Å²) in [6.45, 7) is 2.06. The van der Waals surface area contributed by atoms with Crippen molar-refractivity contribution in [1.29, 1.82) is 0 Å². The second-order valence-electron chi connectivity index (χ2n) is 4.80. The number of hydrogen-bond acceptors (Lipinski definition) is 4. The lowest BCUT2D eigenvalue weighted by Crippen LogP contribution is -2.48. The minimum absolute atomic E-state index is 0.0594. The van der Waals surface area contributed by atoms with E-state index < -0.39 is 17.9 Å². The zero-order chi connectivity index (χ0) is 14.7. The minimum atomic E-state index is -0.460. The molecule has 2 rings (SSSR count). The molecule has 0 saturated carbocycles. The van der Waals surface area contributed by atoms with E-state index in [0.717, 1.165) is 22.6 Å². The Labute approximate surface area is 116 Å². The fourth-order valence-corrected chi connectivity index (χ4v) is 2.34. The van der Waals surface area contributed by atoms with Gasteiger partial charge in [-0.05, 0) is 6.42 Å². The van der Waals surface area contributed by atoms with Crippen LogP contribution in [0.25, 0.3) is 0 Å². The number of unbranched alkanes of at least 4 members (excludes halogenated alkanes) is 1. The van der Waals surface area contributed by atoms with Gasteiger partial charge in [-0.1, -0.05) is 19.8 Å². The van der Waals surface area contributed by atoms with Gasteiger partial charge in [0.25, 0.3) is 23.6 Å². The summed E-state index contributed by atoms with van der Waals surface area (Å²) in [6, 6.07) is -0.460. The van der Waals surface area contributed by atoms with Crippen LogP contribution >= 0.6 is 0 Å². The van der Waals surface area contributed by atoms with Crippen molar-refractivity contribution in [1.82, 2.24) is 9.80 Å². The lowest BCUT2D eigenvalue weighted by atomic mass is 10.1. The summed E-state index contributed by atoms with van der Waals surface area (Å²) in [4.78, 5) is 48.9. The van der Waals surface area contributed by atoms with Crippen molar-refractivity contribution in [2.24, 2.45) is 0 Å². The van der Waals surface area contributed by atoms with Gasteiger partial charge in [0.2, 0.25) is 0 Å². The van der Waals surface area contributed by atoms with Crippen molar-refractivity contribution in [3.8, 4) is 0 Å². The molecule has 0 aromatic carbocycles. The molecule has 0 fully saturated rings. The van der Waals surface area contributed by atoms with Gasteiger partial charge in [-0.25, -0.2) is 0 Å². The molecule has 0 aromatic rings. The maximum Gasteiger partial charge on any atom is 0.253 e. The fourth-order valence-electron chi connectivity index (χ4n) is 2.34. The maximum absolute atomic E-state index is 11.7. The molecule has 1 atom stereocenters. The first kappa shape index (κ1) is 14.2. The van der Waals surface area contributed by atoms with Crippen LogP contribution in [-0.4, -0.2) is 46.0 Å². The molecule has 2 aliphatic heterocycles. The normalized spacial score (nSPS) is 19.6. The summed E-state index contributed by atoms with van der Waals surface area (Å²) in [7, 11) is 0. The van der Waals surface area contributed by atoms with Gasteiger partial charge >= 0.3 is 0 Å². The van der Waals surface area contributed by atoms with Crippen molar-refractivity contribution in [2.45, 2.75) is 32.2 Å². The van der Waals surface area contributed by atoms with Crippen LogP contribution in [-0.2, 0) is 19.2 Å². The van der Waals surface area contributed by atoms with E-state index >= 15 is 0 Å². The highest BCUT2D eigenvalue weighted by atomic mass is 16.2. The third-order valence-electron chi connectivity index (χ3n) is 3.39. The molecule has 4 amide bonds. The van der Waals surface area contributed by atoms with Crippen molar-refractivity contribution < 1.29 is 19.2 Å². The molecule has 0 aliphatic carbocycles. The molecule has 2 aliphatic rings. The van der Waals surface area contributed by atoms with E-state index in [9.17, 15) is 19.2 Å². The lowest BCUT2D eigenvalue weighted by Gasteiger charge is -2.29. The Bertz CT molecular complexity index is 485. The number of hydrogen-bond donors (Lipinski definition) is 0. The van der Waals surface area contributed by atoms with Crippen molar-refractivity contribution in [3.63, 3.8) is 0 Å². The van der Waals surface area contributed by atoms with Crippen LogP contribution < -0.4 is 0 Å². The van der Waals surface area contributed by atoms with E-state index in [2.05, 4.69) is 0 Å². The summed E-state index contributed by atoms with van der Waals surface area (Å²) in [5.74, 6) is -1.57. The number of carbonyl (C=O) groups is 4. The molecule has 0 saturated heterocycles. The molecule has 0 spiro atoms. The molecule has 0 bridgehead atoms. The topological polar surface area (TPSA) is 74.8 Å². The van der Waals surface area contributed by atoms with Crippen LogP contribution in [0.4, 0.5) is 0 Å². The van der Waals surface area contributed by atoms with E-state index in [1.54, 1.807) is 0 Å². The van der Waals surface area contributed by atoms with E-state index in [1.807, 2.05) is 6.92 Å². The highest BCUT2D eigenvalue weighted by Gasteiger charge is 2.35. The molecule has 106 valence electrons. The Morgan fingerprint density at radius 3 is 1.90 bits per heavy atom. The Morgan fingerprint density at radius 2 is 1.40 bits per heavy atom. The highest BCUT2D eigenvalue weighted by molar-refractivity contribution is 6.14. The fraction of sp³-hybridized carbons (Fsp3) is 0.429. The number of rotatable bonds is 6. The average molecular weight is 276 g/mol. The molecule has 0 N–H and O–H groups in total. The predicted octanol–water partition coefficient (Wildman–Crippen LogP) is 0.395. The zero-order valence-corrected chi connectivity index (χ0v) is 11.2. The van der Waals surface area contributed by atoms with Crippen LogP contribution in [0.3, 0.4) is 0 Å². The van der Waals surface area contributed by atoms with E-state index in [4.69, 9.17) is 0 Å². The van der Waals surface area contributed by atoms with Gasteiger partial charge in [0.05, 0.1) is 12.6 Å². The molecule has 2 heterocycles. The van der Waals surface area contributed by atoms with Gasteiger partial charge < -0.3 is 0 Å². The quantitative estimate of drug-likeness (QED) is 0.658. The summed E-state index contributed by atoms with van der Waals surface area (Å²) >= 11 is 0. The van der Waals surface area contributed by atoms with Gasteiger partial charge in [0.1, 0.15) is 0 Å². The molecular weight excluding hydrogens is 260 g/mol. The SMILES string of the molecule is CCCCC(CN1C(=O)C=CC1=O)N1C(=O)C=CC1=O. The highest BCUT2D eigenvalue weighted by Crippen LogP contribution is 2.17. The van der Waals surface area contributed by atoms with Gasteiger partial charge in [0.15, 0.2) is 0 Å². The summed E-state index contributed by atoms with van der Waals surface area (Å²) in [5, 5.41) is 0. The molecule has 0 aromatic heterocycles. The predicted molar refractivity (Wildman–Crippen MR) is 70.2 cm³/mol. The summed E-state index contributed by atoms with van der Waals surface area (Å²) in [5.41, 5.74) is 0. The van der Waals surface area contributed by atoms with Crippen LogP contribution in [0.1, 0.15) is 26.2 Å². The van der Waals surface area contributed by atoms with Gasteiger partial charge in [0, 0.05) is 24.3 Å². The standard InChI is InChI=1S/C14H16N2O4/c1-2-3-4-10(16-13(19)7-8-14(16)20)9-15-11(17)5-6-12(15)18/h5-8,10H,2-4,9H2,1H3. The zero-order valence-electron chi connectivity index (χ0n) is 11.2. The first-order valence-electron chi connectivity index (χ1n) is 6.63. The van der Waals surface area contributed by atoms with Crippen molar-refractivity contribution in [2.75, 3.05) is 6.54 Å². The molecule has 6 heteroatoms. The van der Waals surface area contributed by atoms with Crippen LogP contribution in [0, 0.1) is 0 Å². The third kappa shape index (κ3) is 2.68. The van der Waals surface area contributed by atoms with Gasteiger partial charge in [-0.15, -0.1) is 0 Å². The maximum atomic E-state index is 11.7. The van der Waals surface area contributed by atoms with Gasteiger partial charge in [-0.3, -0.25) is 29.0 Å². The molecule has 20 heavy (non-hydrogen) atoms. The summed E-state index contributed by atoms with van der Waals surface area (Å²) < 4.78 is 0. The van der Waals surface area contributed by atoms with Crippen molar-refractivity contribution >= 4 is 23.6 Å². The Balaban J connectivity index is 2.12. The number of nitrogens with zero attached hydrogens (tertiary/aromatic N) is 2. The molecule has 6 nitrogen and oxygen atoms in total. The monoisotopic (exact) mass is 276 g/mol. The lowest BCUT2D eigenvalue weighted by molar-refractivity contribution is -0.145. The number of imide groups is 2. The Kier molecular flexibility index (Phi) is 4.12.